The number of hydrogen-bond acceptors (Lipinski definition) is 4. The molecular formula is C15H28N2O3. The van der Waals surface area contributed by atoms with Gasteiger partial charge in [-0.2, -0.15) is 0 Å². The zero-order valence-corrected chi connectivity index (χ0v) is 12.9. The fraction of sp³-hybridized carbons (Fsp3) is 0.867. The van der Waals surface area contributed by atoms with E-state index < -0.39 is 0 Å². The van der Waals surface area contributed by atoms with Crippen LogP contribution in [0.4, 0.5) is 0 Å². The van der Waals surface area contributed by atoms with E-state index in [4.69, 9.17) is 4.74 Å². The zero-order valence-electron chi connectivity index (χ0n) is 12.9. The van der Waals surface area contributed by atoms with E-state index in [1.165, 1.54) is 0 Å². The lowest BCUT2D eigenvalue weighted by Crippen LogP contribution is -2.50. The van der Waals surface area contributed by atoms with E-state index in [9.17, 15) is 9.59 Å². The normalized spacial score (nSPS) is 20.1. The summed E-state index contributed by atoms with van der Waals surface area (Å²) in [6, 6.07) is -0.343. The van der Waals surface area contributed by atoms with Crippen LogP contribution < -0.4 is 10.6 Å². The monoisotopic (exact) mass is 284 g/mol. The van der Waals surface area contributed by atoms with E-state index in [1.54, 1.807) is 0 Å². The summed E-state index contributed by atoms with van der Waals surface area (Å²) in [6.07, 6.45) is 4.50. The molecule has 0 saturated carbocycles. The second-order valence-corrected chi connectivity index (χ2v) is 5.78. The first-order valence-electron chi connectivity index (χ1n) is 7.73. The number of carbonyl (C=O) groups is 2. The standard InChI is InChI=1S/C15H28N2O3/c1-4-5-8-13(18)17-15(19)14(11(2)3)16-10-12-7-6-9-20-12/h11-12,14,16H,4-10H2,1-3H3,(H,17,18,19)/t12?,14-/m0/s1. The molecule has 0 aliphatic carbocycles. The second kappa shape index (κ2) is 9.08. The van der Waals surface area contributed by atoms with Gasteiger partial charge >= 0.3 is 0 Å². The summed E-state index contributed by atoms with van der Waals surface area (Å²) >= 11 is 0. The summed E-state index contributed by atoms with van der Waals surface area (Å²) in [4.78, 5) is 23.7. The maximum Gasteiger partial charge on any atom is 0.243 e. The molecule has 2 amide bonds. The third kappa shape index (κ3) is 6.01. The van der Waals surface area contributed by atoms with Crippen LogP contribution in [0.25, 0.3) is 0 Å². The fourth-order valence-electron chi connectivity index (χ4n) is 2.31. The average Bonchev–Trinajstić information content (AvgIpc) is 2.89. The number of carbonyl (C=O) groups excluding carboxylic acids is 2. The highest BCUT2D eigenvalue weighted by Gasteiger charge is 2.25. The molecule has 1 aliphatic rings. The lowest BCUT2D eigenvalue weighted by molar-refractivity contribution is -0.132. The molecule has 5 heteroatoms. The molecule has 1 rings (SSSR count). The molecule has 0 radical (unpaired) electrons. The first-order valence-corrected chi connectivity index (χ1v) is 7.73. The molecule has 116 valence electrons. The minimum absolute atomic E-state index is 0.135. The molecule has 2 atom stereocenters. The van der Waals surface area contributed by atoms with Gasteiger partial charge in [-0.3, -0.25) is 14.9 Å². The molecule has 1 saturated heterocycles. The van der Waals surface area contributed by atoms with Gasteiger partial charge in [0.05, 0.1) is 12.1 Å². The van der Waals surface area contributed by atoms with Crippen LogP contribution >= 0.6 is 0 Å². The third-order valence-electron chi connectivity index (χ3n) is 3.56. The summed E-state index contributed by atoms with van der Waals surface area (Å²) in [5.41, 5.74) is 0. The van der Waals surface area contributed by atoms with Crippen LogP contribution in [-0.4, -0.2) is 37.1 Å². The maximum absolute atomic E-state index is 12.1. The SMILES string of the molecule is CCCCC(=O)NC(=O)[C@@H](NCC1CCCO1)C(C)C. The number of hydrogen-bond donors (Lipinski definition) is 2. The summed E-state index contributed by atoms with van der Waals surface area (Å²) in [6.45, 7) is 7.45. The zero-order chi connectivity index (χ0) is 15.0. The molecule has 0 aromatic carbocycles. The van der Waals surface area contributed by atoms with E-state index >= 15 is 0 Å². The smallest absolute Gasteiger partial charge is 0.243 e. The van der Waals surface area contributed by atoms with Crippen molar-refractivity contribution in [3.63, 3.8) is 0 Å². The van der Waals surface area contributed by atoms with Gasteiger partial charge in [-0.25, -0.2) is 0 Å². The number of imide groups is 1. The Kier molecular flexibility index (Phi) is 7.77. The van der Waals surface area contributed by atoms with E-state index in [2.05, 4.69) is 10.6 Å². The Hall–Kier alpha value is -0.940. The molecule has 1 aliphatic heterocycles. The predicted octanol–water partition coefficient (Wildman–Crippen LogP) is 1.61. The molecule has 5 nitrogen and oxygen atoms in total. The Morgan fingerprint density at radius 3 is 2.65 bits per heavy atom. The maximum atomic E-state index is 12.1. The van der Waals surface area contributed by atoms with Crippen LogP contribution in [0.5, 0.6) is 0 Å². The van der Waals surface area contributed by atoms with Crippen molar-refractivity contribution >= 4 is 11.8 Å². The molecule has 1 fully saturated rings. The molecule has 0 bridgehead atoms. The van der Waals surface area contributed by atoms with Crippen molar-refractivity contribution in [2.75, 3.05) is 13.2 Å². The van der Waals surface area contributed by atoms with Crippen molar-refractivity contribution < 1.29 is 14.3 Å². The van der Waals surface area contributed by atoms with Crippen molar-refractivity contribution in [2.45, 2.75) is 65.0 Å². The Morgan fingerprint density at radius 1 is 1.35 bits per heavy atom. The van der Waals surface area contributed by atoms with Crippen molar-refractivity contribution in [3.8, 4) is 0 Å². The minimum atomic E-state index is -0.343. The number of unbranched alkanes of at least 4 members (excludes halogenated alkanes) is 1. The highest BCUT2D eigenvalue weighted by Crippen LogP contribution is 2.12. The lowest BCUT2D eigenvalue weighted by atomic mass is 10.0. The van der Waals surface area contributed by atoms with Gasteiger partial charge in [0.2, 0.25) is 11.8 Å². The van der Waals surface area contributed by atoms with Crippen LogP contribution in [0.1, 0.15) is 52.9 Å². The number of nitrogens with one attached hydrogen (secondary N) is 2. The summed E-state index contributed by atoms with van der Waals surface area (Å²) < 4.78 is 5.54. The van der Waals surface area contributed by atoms with Crippen molar-refractivity contribution in [1.29, 1.82) is 0 Å². The van der Waals surface area contributed by atoms with Crippen LogP contribution in [0.15, 0.2) is 0 Å². The molecule has 1 heterocycles. The van der Waals surface area contributed by atoms with Gasteiger partial charge in [0, 0.05) is 19.6 Å². The van der Waals surface area contributed by atoms with E-state index in [0.29, 0.717) is 13.0 Å². The predicted molar refractivity (Wildman–Crippen MR) is 78.3 cm³/mol. The molecule has 1 unspecified atom stereocenters. The number of rotatable bonds is 8. The van der Waals surface area contributed by atoms with Crippen molar-refractivity contribution in [2.24, 2.45) is 5.92 Å². The summed E-state index contributed by atoms with van der Waals surface area (Å²) in [5, 5.41) is 5.72. The molecular weight excluding hydrogens is 256 g/mol. The fourth-order valence-corrected chi connectivity index (χ4v) is 2.31. The average molecular weight is 284 g/mol. The molecule has 0 spiro atoms. The number of amides is 2. The first kappa shape index (κ1) is 17.1. The van der Waals surface area contributed by atoms with Gasteiger partial charge in [-0.05, 0) is 25.2 Å². The van der Waals surface area contributed by atoms with Crippen molar-refractivity contribution in [1.82, 2.24) is 10.6 Å². The lowest BCUT2D eigenvalue weighted by Gasteiger charge is -2.23. The Labute approximate surface area is 121 Å². The first-order chi connectivity index (χ1) is 9.54. The molecule has 0 aromatic rings. The van der Waals surface area contributed by atoms with Crippen molar-refractivity contribution in [3.05, 3.63) is 0 Å². The van der Waals surface area contributed by atoms with Gasteiger partial charge in [-0.15, -0.1) is 0 Å². The van der Waals surface area contributed by atoms with Crippen LogP contribution in [0.2, 0.25) is 0 Å². The second-order valence-electron chi connectivity index (χ2n) is 5.78. The molecule has 0 aromatic heterocycles. The third-order valence-corrected chi connectivity index (χ3v) is 3.56. The molecule has 20 heavy (non-hydrogen) atoms. The quantitative estimate of drug-likeness (QED) is 0.710. The van der Waals surface area contributed by atoms with E-state index in [1.807, 2.05) is 20.8 Å². The van der Waals surface area contributed by atoms with Gasteiger partial charge in [0.15, 0.2) is 0 Å². The topological polar surface area (TPSA) is 67.4 Å². The highest BCUT2D eigenvalue weighted by atomic mass is 16.5. The van der Waals surface area contributed by atoms with Gasteiger partial charge in [-0.1, -0.05) is 27.2 Å². The highest BCUT2D eigenvalue weighted by molar-refractivity contribution is 5.97. The van der Waals surface area contributed by atoms with Crippen LogP contribution in [-0.2, 0) is 14.3 Å². The van der Waals surface area contributed by atoms with Gasteiger partial charge < -0.3 is 10.1 Å². The summed E-state index contributed by atoms with van der Waals surface area (Å²) in [5.74, 6) is -0.268. The van der Waals surface area contributed by atoms with E-state index in [0.717, 1.165) is 32.3 Å². The largest absolute Gasteiger partial charge is 0.377 e. The van der Waals surface area contributed by atoms with Gasteiger partial charge in [0.1, 0.15) is 0 Å². The Bertz CT molecular complexity index is 312. The Morgan fingerprint density at radius 2 is 2.10 bits per heavy atom. The minimum Gasteiger partial charge on any atom is -0.377 e. The van der Waals surface area contributed by atoms with Crippen LogP contribution in [0.3, 0.4) is 0 Å². The van der Waals surface area contributed by atoms with Crippen LogP contribution in [0, 0.1) is 5.92 Å². The molecule has 2 N–H and O–H groups in total. The van der Waals surface area contributed by atoms with E-state index in [-0.39, 0.29) is 29.9 Å². The number of ether oxygens (including phenoxy) is 1. The van der Waals surface area contributed by atoms with Gasteiger partial charge in [0.25, 0.3) is 0 Å². The Balaban J connectivity index is 2.39. The summed E-state index contributed by atoms with van der Waals surface area (Å²) in [7, 11) is 0.